The summed E-state index contributed by atoms with van der Waals surface area (Å²) in [4.78, 5) is 38.2. The van der Waals surface area contributed by atoms with Gasteiger partial charge in [-0.25, -0.2) is 15.0 Å². The average Bonchev–Trinajstić information content (AvgIpc) is 3.53. The van der Waals surface area contributed by atoms with Crippen molar-refractivity contribution in [3.05, 3.63) is 34.8 Å². The number of nitrogens with zero attached hydrogens (tertiary/aromatic N) is 3. The summed E-state index contributed by atoms with van der Waals surface area (Å²) in [6, 6.07) is 1.88. The van der Waals surface area contributed by atoms with E-state index in [2.05, 4.69) is 25.9 Å². The van der Waals surface area contributed by atoms with E-state index in [9.17, 15) is 9.59 Å². The predicted molar refractivity (Wildman–Crippen MR) is 113 cm³/mol. The van der Waals surface area contributed by atoms with Crippen LogP contribution in [0.5, 0.6) is 0 Å². The Labute approximate surface area is 175 Å². The van der Waals surface area contributed by atoms with E-state index in [1.54, 1.807) is 0 Å². The quantitative estimate of drug-likeness (QED) is 0.717. The van der Waals surface area contributed by atoms with Gasteiger partial charge in [-0.1, -0.05) is 19.3 Å². The number of aromatic nitrogens is 3. The van der Waals surface area contributed by atoms with Crippen LogP contribution in [0.15, 0.2) is 12.4 Å². The van der Waals surface area contributed by atoms with Crippen molar-refractivity contribution in [2.45, 2.75) is 64.3 Å². The molecular weight excluding hydrogens is 380 g/mol. The third kappa shape index (κ3) is 3.20. The van der Waals surface area contributed by atoms with E-state index in [1.165, 1.54) is 12.7 Å². The Balaban J connectivity index is 1.46. The summed E-state index contributed by atoms with van der Waals surface area (Å²) < 4.78 is 0. The molecule has 0 saturated heterocycles. The van der Waals surface area contributed by atoms with E-state index in [1.807, 2.05) is 19.9 Å². The lowest BCUT2D eigenvalue weighted by Crippen LogP contribution is -2.41. The van der Waals surface area contributed by atoms with Gasteiger partial charge in [0.15, 0.2) is 0 Å². The Morgan fingerprint density at radius 3 is 2.60 bits per heavy atom. The molecule has 2 fully saturated rings. The zero-order valence-electron chi connectivity index (χ0n) is 17.3. The highest BCUT2D eigenvalue weighted by molar-refractivity contribution is 6.01. The minimum Gasteiger partial charge on any atom is -0.341 e. The van der Waals surface area contributed by atoms with E-state index in [0.717, 1.165) is 55.3 Å². The third-order valence-corrected chi connectivity index (χ3v) is 6.48. The minimum absolute atomic E-state index is 0.0121. The van der Waals surface area contributed by atoms with Crippen LogP contribution in [0, 0.1) is 19.8 Å². The van der Waals surface area contributed by atoms with Crippen LogP contribution in [0.25, 0.3) is 0 Å². The van der Waals surface area contributed by atoms with Gasteiger partial charge >= 0.3 is 0 Å². The molecule has 2 aromatic heterocycles. The molecule has 2 amide bonds. The van der Waals surface area contributed by atoms with Gasteiger partial charge in [0.25, 0.3) is 5.91 Å². The van der Waals surface area contributed by atoms with Crippen molar-refractivity contribution in [2.24, 2.45) is 5.92 Å². The zero-order valence-corrected chi connectivity index (χ0v) is 17.3. The average molecular weight is 406 g/mol. The first kappa shape index (κ1) is 19.0. The van der Waals surface area contributed by atoms with Gasteiger partial charge in [0.05, 0.1) is 16.8 Å². The smallest absolute Gasteiger partial charge is 0.254 e. The lowest BCUT2D eigenvalue weighted by molar-refractivity contribution is -0.117. The number of fused-ring (bicyclic) bond motifs is 2. The van der Waals surface area contributed by atoms with Crippen molar-refractivity contribution in [3.63, 3.8) is 0 Å². The maximum absolute atomic E-state index is 12.7. The number of hydrogen-bond donors (Lipinski definition) is 3. The monoisotopic (exact) mass is 406 g/mol. The molecule has 2 aliphatic carbocycles. The summed E-state index contributed by atoms with van der Waals surface area (Å²) in [7, 11) is 0. The summed E-state index contributed by atoms with van der Waals surface area (Å²) in [5.74, 6) is 1.85. The van der Waals surface area contributed by atoms with E-state index >= 15 is 0 Å². The predicted octanol–water partition coefficient (Wildman–Crippen LogP) is 3.48. The molecule has 8 nitrogen and oxygen atoms in total. The lowest BCUT2D eigenvalue weighted by atomic mass is 9.79. The minimum atomic E-state index is -0.350. The molecular formula is C22H26N6O2. The van der Waals surface area contributed by atoms with Crippen LogP contribution in [0.3, 0.4) is 0 Å². The van der Waals surface area contributed by atoms with E-state index < -0.39 is 0 Å². The number of pyridine rings is 1. The first-order valence-electron chi connectivity index (χ1n) is 10.7. The largest absolute Gasteiger partial charge is 0.341 e. The zero-order chi connectivity index (χ0) is 20.9. The molecule has 1 spiro atoms. The van der Waals surface area contributed by atoms with E-state index in [0.29, 0.717) is 23.0 Å². The molecule has 5 rings (SSSR count). The number of anilines is 3. The third-order valence-electron chi connectivity index (χ3n) is 6.48. The fraction of sp³-hybridized carbons (Fsp3) is 0.500. The molecule has 0 unspecified atom stereocenters. The molecule has 30 heavy (non-hydrogen) atoms. The molecule has 0 bridgehead atoms. The molecule has 156 valence electrons. The summed E-state index contributed by atoms with van der Waals surface area (Å²) >= 11 is 0. The molecule has 0 radical (unpaired) electrons. The fourth-order valence-corrected chi connectivity index (χ4v) is 4.61. The van der Waals surface area contributed by atoms with Crippen molar-refractivity contribution in [1.82, 2.24) is 20.3 Å². The lowest BCUT2D eigenvalue weighted by Gasteiger charge is -2.33. The highest BCUT2D eigenvalue weighted by atomic mass is 16.2. The highest BCUT2D eigenvalue weighted by Gasteiger charge is 2.45. The van der Waals surface area contributed by atoms with Crippen LogP contribution in [0.4, 0.5) is 17.5 Å². The Morgan fingerprint density at radius 2 is 1.87 bits per heavy atom. The number of carbonyl (C=O) groups excluding carboxylic acids is 2. The van der Waals surface area contributed by atoms with E-state index in [4.69, 9.17) is 4.98 Å². The first-order valence-corrected chi connectivity index (χ1v) is 10.7. The van der Waals surface area contributed by atoms with Gasteiger partial charge in [-0.05, 0) is 51.2 Å². The standard InChI is InChI=1S/C22H26N6O2/c1-12-10-15(25-17-16(12)21(30)28-22(17)8-4-3-5-9-22)26-18-13(2)19(24-11-23-18)27-20(29)14-6-7-14/h10-11,14H,3-9H2,1-2H3,(H,28,30)(H2,23,24,25,26,27,29). The molecule has 3 N–H and O–H groups in total. The van der Waals surface area contributed by atoms with Gasteiger partial charge < -0.3 is 16.0 Å². The number of aryl methyl sites for hydroxylation is 1. The number of amides is 2. The molecule has 2 aromatic rings. The van der Waals surface area contributed by atoms with Crippen LogP contribution < -0.4 is 16.0 Å². The van der Waals surface area contributed by atoms with E-state index in [-0.39, 0.29) is 23.3 Å². The SMILES string of the molecule is Cc1cc(Nc2ncnc(NC(=O)C3CC3)c2C)nc2c1C(=O)NC21CCCCC1. The van der Waals surface area contributed by atoms with Gasteiger partial charge in [0, 0.05) is 11.5 Å². The second kappa shape index (κ2) is 7.04. The number of carbonyl (C=O) groups is 2. The van der Waals surface area contributed by atoms with Crippen LogP contribution in [-0.2, 0) is 10.3 Å². The summed E-state index contributed by atoms with van der Waals surface area (Å²) in [6.45, 7) is 3.82. The normalized spacial score (nSPS) is 19.3. The molecule has 3 heterocycles. The molecule has 1 aliphatic heterocycles. The molecule has 0 atom stereocenters. The van der Waals surface area contributed by atoms with Crippen molar-refractivity contribution in [1.29, 1.82) is 0 Å². The summed E-state index contributed by atoms with van der Waals surface area (Å²) in [5, 5.41) is 9.41. The first-order chi connectivity index (χ1) is 14.5. The Kier molecular flexibility index (Phi) is 4.45. The fourth-order valence-electron chi connectivity index (χ4n) is 4.61. The maximum atomic E-state index is 12.7. The number of nitrogens with one attached hydrogen (secondary N) is 3. The molecule has 0 aromatic carbocycles. The Hall–Kier alpha value is -3.03. The van der Waals surface area contributed by atoms with Crippen LogP contribution in [0.2, 0.25) is 0 Å². The molecule has 8 heteroatoms. The maximum Gasteiger partial charge on any atom is 0.254 e. The molecule has 2 saturated carbocycles. The van der Waals surface area contributed by atoms with Gasteiger partial charge in [0.2, 0.25) is 5.91 Å². The van der Waals surface area contributed by atoms with Gasteiger partial charge in [-0.3, -0.25) is 9.59 Å². The van der Waals surface area contributed by atoms with Gasteiger partial charge in [-0.2, -0.15) is 0 Å². The second-order valence-corrected chi connectivity index (χ2v) is 8.73. The Morgan fingerprint density at radius 1 is 1.13 bits per heavy atom. The highest BCUT2D eigenvalue weighted by Crippen LogP contribution is 2.43. The topological polar surface area (TPSA) is 109 Å². The van der Waals surface area contributed by atoms with Crippen LogP contribution in [0.1, 0.15) is 72.1 Å². The number of rotatable bonds is 4. The number of hydrogen-bond acceptors (Lipinski definition) is 6. The van der Waals surface area contributed by atoms with Crippen molar-refractivity contribution >= 4 is 29.3 Å². The summed E-state index contributed by atoms with van der Waals surface area (Å²) in [5.41, 5.74) is 2.87. The van der Waals surface area contributed by atoms with Crippen LogP contribution in [-0.4, -0.2) is 26.8 Å². The van der Waals surface area contributed by atoms with Gasteiger partial charge in [-0.15, -0.1) is 0 Å². The van der Waals surface area contributed by atoms with Gasteiger partial charge in [0.1, 0.15) is 23.8 Å². The van der Waals surface area contributed by atoms with Crippen molar-refractivity contribution < 1.29 is 9.59 Å². The Bertz CT molecular complexity index is 1040. The van der Waals surface area contributed by atoms with Crippen molar-refractivity contribution in [3.8, 4) is 0 Å². The summed E-state index contributed by atoms with van der Waals surface area (Å²) in [6.07, 6.45) is 8.53. The molecule has 3 aliphatic rings. The second-order valence-electron chi connectivity index (χ2n) is 8.73. The van der Waals surface area contributed by atoms with Crippen molar-refractivity contribution in [2.75, 3.05) is 10.6 Å². The van der Waals surface area contributed by atoms with Crippen LogP contribution >= 0.6 is 0 Å².